The lowest BCUT2D eigenvalue weighted by Crippen LogP contribution is -2.12. The molecule has 0 aliphatic carbocycles. The Kier molecular flexibility index (Phi) is 3.14. The van der Waals surface area contributed by atoms with Gasteiger partial charge < -0.3 is 9.88 Å². The number of hydrogen-bond acceptors (Lipinski definition) is 2. The zero-order valence-corrected chi connectivity index (χ0v) is 11.5. The first-order chi connectivity index (χ1) is 9.65. The fourth-order valence-corrected chi connectivity index (χ4v) is 2.44. The van der Waals surface area contributed by atoms with Crippen molar-refractivity contribution in [2.24, 2.45) is 7.05 Å². The second-order valence-electron chi connectivity index (χ2n) is 4.89. The molecule has 0 saturated heterocycles. The summed E-state index contributed by atoms with van der Waals surface area (Å²) < 4.78 is 15.3. The Bertz CT molecular complexity index is 748. The monoisotopic (exact) mass is 269 g/mol. The number of rotatable bonds is 3. The topological polar surface area (TPSA) is 29.9 Å². The normalized spacial score (nSPS) is 12.6. The Labute approximate surface area is 117 Å². The van der Waals surface area contributed by atoms with E-state index in [1.807, 2.05) is 44.3 Å². The second-order valence-corrected chi connectivity index (χ2v) is 4.89. The van der Waals surface area contributed by atoms with Gasteiger partial charge in [0, 0.05) is 12.7 Å². The Morgan fingerprint density at radius 3 is 2.70 bits per heavy atom. The number of fused-ring (bicyclic) bond motifs is 1. The van der Waals surface area contributed by atoms with Crippen molar-refractivity contribution >= 4 is 16.7 Å². The number of nitrogens with one attached hydrogen (secondary N) is 1. The van der Waals surface area contributed by atoms with Crippen molar-refractivity contribution in [1.82, 2.24) is 9.55 Å². The quantitative estimate of drug-likeness (QED) is 0.782. The number of hydrogen-bond donors (Lipinski definition) is 1. The summed E-state index contributed by atoms with van der Waals surface area (Å²) in [4.78, 5) is 4.64. The summed E-state index contributed by atoms with van der Waals surface area (Å²) in [6.45, 7) is 2.02. The van der Waals surface area contributed by atoms with E-state index < -0.39 is 0 Å². The van der Waals surface area contributed by atoms with E-state index >= 15 is 0 Å². The molecule has 20 heavy (non-hydrogen) atoms. The van der Waals surface area contributed by atoms with E-state index in [9.17, 15) is 4.39 Å². The number of aromatic nitrogens is 2. The van der Waals surface area contributed by atoms with Crippen LogP contribution < -0.4 is 5.32 Å². The smallest absolute Gasteiger partial charge is 0.131 e. The number of para-hydroxylation sites is 2. The van der Waals surface area contributed by atoms with E-state index in [2.05, 4.69) is 14.9 Å². The molecule has 1 N–H and O–H groups in total. The maximum absolute atomic E-state index is 13.2. The van der Waals surface area contributed by atoms with Gasteiger partial charge in [0.15, 0.2) is 0 Å². The summed E-state index contributed by atoms with van der Waals surface area (Å²) in [6, 6.07) is 14.5. The van der Waals surface area contributed by atoms with Crippen LogP contribution in [0.3, 0.4) is 0 Å². The van der Waals surface area contributed by atoms with Crippen LogP contribution in [0.1, 0.15) is 18.8 Å². The molecule has 0 radical (unpaired) electrons. The van der Waals surface area contributed by atoms with Gasteiger partial charge in [-0.05, 0) is 37.3 Å². The third kappa shape index (κ3) is 2.25. The SMILES string of the molecule is CC(Nc1cccc(F)c1)c1nc2ccccc2n1C. The Hall–Kier alpha value is -2.36. The van der Waals surface area contributed by atoms with Crippen LogP contribution in [0.15, 0.2) is 48.5 Å². The molecule has 1 aromatic heterocycles. The lowest BCUT2D eigenvalue weighted by molar-refractivity contribution is 0.627. The minimum absolute atomic E-state index is 0.00537. The van der Waals surface area contributed by atoms with E-state index in [1.165, 1.54) is 12.1 Å². The van der Waals surface area contributed by atoms with Crippen molar-refractivity contribution in [3.8, 4) is 0 Å². The highest BCUT2D eigenvalue weighted by Crippen LogP contribution is 2.22. The summed E-state index contributed by atoms with van der Waals surface area (Å²) in [6.07, 6.45) is 0. The summed E-state index contributed by atoms with van der Waals surface area (Å²) in [7, 11) is 1.99. The van der Waals surface area contributed by atoms with Gasteiger partial charge in [-0.25, -0.2) is 9.37 Å². The molecule has 1 atom stereocenters. The summed E-state index contributed by atoms with van der Waals surface area (Å²) in [5.74, 6) is 0.683. The number of aryl methyl sites for hydroxylation is 1. The molecule has 0 spiro atoms. The maximum atomic E-state index is 13.2. The first-order valence-electron chi connectivity index (χ1n) is 6.58. The van der Waals surface area contributed by atoms with Crippen LogP contribution in [-0.4, -0.2) is 9.55 Å². The predicted molar refractivity (Wildman–Crippen MR) is 79.2 cm³/mol. The summed E-state index contributed by atoms with van der Waals surface area (Å²) in [5, 5.41) is 3.28. The molecule has 2 aromatic carbocycles. The fourth-order valence-electron chi connectivity index (χ4n) is 2.44. The van der Waals surface area contributed by atoms with Crippen molar-refractivity contribution < 1.29 is 4.39 Å². The van der Waals surface area contributed by atoms with Gasteiger partial charge in [-0.3, -0.25) is 0 Å². The second kappa shape index (κ2) is 4.96. The van der Waals surface area contributed by atoms with E-state index in [0.29, 0.717) is 0 Å². The molecule has 1 heterocycles. The van der Waals surface area contributed by atoms with Gasteiger partial charge in [-0.15, -0.1) is 0 Å². The van der Waals surface area contributed by atoms with Crippen LogP contribution in [0.5, 0.6) is 0 Å². The van der Waals surface area contributed by atoms with Crippen molar-refractivity contribution in [3.63, 3.8) is 0 Å². The van der Waals surface area contributed by atoms with Gasteiger partial charge in [-0.1, -0.05) is 18.2 Å². The molecule has 0 amide bonds. The molecule has 3 aromatic rings. The highest BCUT2D eigenvalue weighted by Gasteiger charge is 2.14. The summed E-state index contributed by atoms with van der Waals surface area (Å²) >= 11 is 0. The number of imidazole rings is 1. The first kappa shape index (κ1) is 12.7. The molecule has 0 aliphatic heterocycles. The van der Waals surface area contributed by atoms with Gasteiger partial charge in [0.25, 0.3) is 0 Å². The Morgan fingerprint density at radius 1 is 1.15 bits per heavy atom. The zero-order valence-electron chi connectivity index (χ0n) is 11.5. The third-order valence-electron chi connectivity index (χ3n) is 3.42. The average Bonchev–Trinajstić information content (AvgIpc) is 2.77. The minimum atomic E-state index is -0.243. The molecule has 4 heteroatoms. The largest absolute Gasteiger partial charge is 0.375 e. The molecule has 102 valence electrons. The van der Waals surface area contributed by atoms with E-state index in [4.69, 9.17) is 0 Å². The van der Waals surface area contributed by atoms with Crippen LogP contribution in [0.4, 0.5) is 10.1 Å². The Balaban J connectivity index is 1.92. The number of benzene rings is 2. The van der Waals surface area contributed by atoms with Crippen LogP contribution >= 0.6 is 0 Å². The molecule has 0 saturated carbocycles. The van der Waals surface area contributed by atoms with Crippen LogP contribution in [0.2, 0.25) is 0 Å². The van der Waals surface area contributed by atoms with E-state index in [-0.39, 0.29) is 11.9 Å². The van der Waals surface area contributed by atoms with Gasteiger partial charge >= 0.3 is 0 Å². The predicted octanol–water partition coefficient (Wildman–Crippen LogP) is 3.89. The van der Waals surface area contributed by atoms with Crippen molar-refractivity contribution in [3.05, 3.63) is 60.2 Å². The lowest BCUT2D eigenvalue weighted by Gasteiger charge is -2.15. The highest BCUT2D eigenvalue weighted by atomic mass is 19.1. The zero-order chi connectivity index (χ0) is 14.1. The van der Waals surface area contributed by atoms with E-state index in [1.54, 1.807) is 6.07 Å². The molecule has 3 nitrogen and oxygen atoms in total. The molecule has 3 rings (SSSR count). The highest BCUT2D eigenvalue weighted by molar-refractivity contribution is 5.76. The minimum Gasteiger partial charge on any atom is -0.375 e. The van der Waals surface area contributed by atoms with E-state index in [0.717, 1.165) is 22.5 Å². The van der Waals surface area contributed by atoms with Crippen LogP contribution in [-0.2, 0) is 7.05 Å². The van der Waals surface area contributed by atoms with Crippen LogP contribution in [0, 0.1) is 5.82 Å². The Morgan fingerprint density at radius 2 is 1.95 bits per heavy atom. The number of nitrogens with zero attached hydrogens (tertiary/aromatic N) is 2. The van der Waals surface area contributed by atoms with Gasteiger partial charge in [0.1, 0.15) is 11.6 Å². The lowest BCUT2D eigenvalue weighted by atomic mass is 10.2. The van der Waals surface area contributed by atoms with Crippen LogP contribution in [0.25, 0.3) is 11.0 Å². The van der Waals surface area contributed by atoms with Crippen molar-refractivity contribution in [2.45, 2.75) is 13.0 Å². The number of halogens is 1. The number of anilines is 1. The first-order valence-corrected chi connectivity index (χ1v) is 6.58. The van der Waals surface area contributed by atoms with Crippen molar-refractivity contribution in [1.29, 1.82) is 0 Å². The van der Waals surface area contributed by atoms with Gasteiger partial charge in [0.2, 0.25) is 0 Å². The molecule has 0 aliphatic rings. The molecule has 0 fully saturated rings. The molecular formula is C16H16FN3. The maximum Gasteiger partial charge on any atom is 0.131 e. The van der Waals surface area contributed by atoms with Crippen molar-refractivity contribution in [2.75, 3.05) is 5.32 Å². The molecule has 1 unspecified atom stereocenters. The van der Waals surface area contributed by atoms with Gasteiger partial charge in [0.05, 0.1) is 17.1 Å². The molecule has 0 bridgehead atoms. The standard InChI is InChI=1S/C16H16FN3/c1-11(18-13-7-5-6-12(17)10-13)16-19-14-8-3-4-9-15(14)20(16)2/h3-11,18H,1-2H3. The average molecular weight is 269 g/mol. The fraction of sp³-hybridized carbons (Fsp3) is 0.188. The third-order valence-corrected chi connectivity index (χ3v) is 3.42. The molecular weight excluding hydrogens is 253 g/mol. The summed E-state index contributed by atoms with van der Waals surface area (Å²) in [5.41, 5.74) is 2.82. The van der Waals surface area contributed by atoms with Gasteiger partial charge in [-0.2, -0.15) is 0 Å².